The van der Waals surface area contributed by atoms with E-state index < -0.39 is 35.8 Å². The number of benzene rings is 2. The van der Waals surface area contributed by atoms with Crippen molar-refractivity contribution in [1.82, 2.24) is 10.2 Å². The van der Waals surface area contributed by atoms with E-state index in [0.717, 1.165) is 7.05 Å². The lowest BCUT2D eigenvalue weighted by Crippen LogP contribution is -2.68. The largest absolute Gasteiger partial charge is 0.426 e. The van der Waals surface area contributed by atoms with Crippen molar-refractivity contribution in [3.63, 3.8) is 0 Å². The maximum Gasteiger partial charge on any atom is 0.426 e. The molecule has 1 unspecified atom stereocenters. The van der Waals surface area contributed by atoms with Gasteiger partial charge in [-0.2, -0.15) is 36.9 Å². The van der Waals surface area contributed by atoms with Gasteiger partial charge in [-0.3, -0.25) is 4.79 Å². The Labute approximate surface area is 189 Å². The maximum absolute atomic E-state index is 14.1. The molecule has 12 heteroatoms. The molecule has 2 aromatic carbocycles. The van der Waals surface area contributed by atoms with Gasteiger partial charge >= 0.3 is 12.4 Å². The predicted molar refractivity (Wildman–Crippen MR) is 107 cm³/mol. The average molecular weight is 479 g/mol. The molecule has 0 saturated heterocycles. The SMILES string of the molecule is CN1C(c2ccc(C#N)cc2)=NC(C(F)(F)F)(C(F)(F)F)C1NC(=O)c1ccc(CC#N)cc1. The number of carbonyl (C=O) groups is 1. The molecular weight excluding hydrogens is 464 g/mol. The zero-order valence-electron chi connectivity index (χ0n) is 17.4. The van der Waals surface area contributed by atoms with Gasteiger partial charge in [0.15, 0.2) is 0 Å². The Kier molecular flexibility index (Phi) is 6.29. The zero-order chi connectivity index (χ0) is 25.3. The van der Waals surface area contributed by atoms with Gasteiger partial charge in [-0.25, -0.2) is 4.99 Å². The Morgan fingerprint density at radius 3 is 2.06 bits per heavy atom. The second-order valence-electron chi connectivity index (χ2n) is 7.41. The van der Waals surface area contributed by atoms with Crippen molar-refractivity contribution in [3.8, 4) is 12.1 Å². The van der Waals surface area contributed by atoms with Crippen molar-refractivity contribution >= 4 is 11.7 Å². The van der Waals surface area contributed by atoms with E-state index in [1.807, 2.05) is 11.4 Å². The molecular formula is C22H15F6N5O. The fraction of sp³-hybridized carbons (Fsp3) is 0.273. The Balaban J connectivity index is 2.07. The number of amidine groups is 1. The van der Waals surface area contributed by atoms with Crippen molar-refractivity contribution in [2.75, 3.05) is 7.05 Å². The summed E-state index contributed by atoms with van der Waals surface area (Å²) >= 11 is 0. The van der Waals surface area contributed by atoms with Crippen LogP contribution in [0.25, 0.3) is 0 Å². The number of hydrogen-bond acceptors (Lipinski definition) is 5. The number of nitrogens with one attached hydrogen (secondary N) is 1. The number of nitrogens with zero attached hydrogens (tertiary/aromatic N) is 4. The molecule has 1 aliphatic heterocycles. The maximum atomic E-state index is 14.1. The topological polar surface area (TPSA) is 92.3 Å². The molecule has 1 atom stereocenters. The van der Waals surface area contributed by atoms with Gasteiger partial charge in [0.2, 0.25) is 0 Å². The van der Waals surface area contributed by atoms with Gasteiger partial charge in [-0.1, -0.05) is 12.1 Å². The quantitative estimate of drug-likeness (QED) is 0.673. The molecule has 0 saturated carbocycles. The molecule has 0 spiro atoms. The summed E-state index contributed by atoms with van der Waals surface area (Å²) < 4.78 is 84.3. The fourth-order valence-electron chi connectivity index (χ4n) is 3.54. The Hall–Kier alpha value is -4.06. The summed E-state index contributed by atoms with van der Waals surface area (Å²) in [5, 5.41) is 19.4. The first kappa shape index (κ1) is 24.6. The molecule has 0 aliphatic carbocycles. The monoisotopic (exact) mass is 479 g/mol. The van der Waals surface area contributed by atoms with Crippen LogP contribution >= 0.6 is 0 Å². The number of likely N-dealkylation sites (N-methyl/N-ethyl adjacent to an activating group) is 1. The van der Waals surface area contributed by atoms with Crippen LogP contribution in [-0.4, -0.2) is 47.7 Å². The van der Waals surface area contributed by atoms with E-state index >= 15 is 0 Å². The van der Waals surface area contributed by atoms with Crippen molar-refractivity contribution < 1.29 is 31.1 Å². The van der Waals surface area contributed by atoms with Crippen molar-refractivity contribution in [3.05, 3.63) is 70.8 Å². The number of carbonyl (C=O) groups excluding carboxylic acids is 1. The highest BCUT2D eigenvalue weighted by molar-refractivity contribution is 6.02. The van der Waals surface area contributed by atoms with Crippen LogP contribution in [0.15, 0.2) is 53.5 Å². The predicted octanol–water partition coefficient (Wildman–Crippen LogP) is 3.94. The molecule has 1 amide bonds. The summed E-state index contributed by atoms with van der Waals surface area (Å²) in [4.78, 5) is 16.4. The highest BCUT2D eigenvalue weighted by Crippen LogP contribution is 2.51. The van der Waals surface area contributed by atoms with Crippen LogP contribution in [0.3, 0.4) is 0 Å². The summed E-state index contributed by atoms with van der Waals surface area (Å²) in [7, 11) is 0.956. The summed E-state index contributed by atoms with van der Waals surface area (Å²) in [5.41, 5.74) is -4.28. The summed E-state index contributed by atoms with van der Waals surface area (Å²) in [6.07, 6.45) is -14.5. The average Bonchev–Trinajstić information content (AvgIpc) is 3.08. The van der Waals surface area contributed by atoms with E-state index in [4.69, 9.17) is 10.5 Å². The number of amides is 1. The van der Waals surface area contributed by atoms with E-state index in [1.54, 1.807) is 6.07 Å². The normalized spacial score (nSPS) is 17.5. The number of aliphatic imine (C=N–C) groups is 1. The highest BCUT2D eigenvalue weighted by Gasteiger charge is 2.78. The van der Waals surface area contributed by atoms with Gasteiger partial charge in [0.1, 0.15) is 12.0 Å². The number of rotatable bonds is 4. The van der Waals surface area contributed by atoms with Crippen LogP contribution in [0.2, 0.25) is 0 Å². The van der Waals surface area contributed by atoms with Gasteiger partial charge in [-0.15, -0.1) is 0 Å². The van der Waals surface area contributed by atoms with Crippen LogP contribution in [0.1, 0.15) is 27.0 Å². The lowest BCUT2D eigenvalue weighted by atomic mass is 9.94. The Morgan fingerprint density at radius 2 is 1.59 bits per heavy atom. The minimum atomic E-state index is -5.91. The smallest absolute Gasteiger partial charge is 0.336 e. The van der Waals surface area contributed by atoms with Crippen molar-refractivity contribution in [2.24, 2.45) is 4.99 Å². The van der Waals surface area contributed by atoms with Crippen LogP contribution in [-0.2, 0) is 6.42 Å². The molecule has 1 N–H and O–H groups in total. The van der Waals surface area contributed by atoms with Gasteiger partial charge < -0.3 is 10.2 Å². The van der Waals surface area contributed by atoms with Gasteiger partial charge in [-0.05, 0) is 42.0 Å². The number of alkyl halides is 6. The van der Waals surface area contributed by atoms with Crippen LogP contribution in [0, 0.1) is 22.7 Å². The Bertz CT molecular complexity index is 1170. The molecule has 34 heavy (non-hydrogen) atoms. The minimum absolute atomic E-state index is 0.0142. The molecule has 0 aromatic heterocycles. The molecule has 0 radical (unpaired) electrons. The molecule has 0 bridgehead atoms. The minimum Gasteiger partial charge on any atom is -0.336 e. The van der Waals surface area contributed by atoms with E-state index in [1.165, 1.54) is 48.5 Å². The van der Waals surface area contributed by atoms with E-state index in [9.17, 15) is 31.1 Å². The summed E-state index contributed by atoms with van der Waals surface area (Å²) in [5.74, 6) is -1.84. The second-order valence-corrected chi connectivity index (χ2v) is 7.41. The van der Waals surface area contributed by atoms with E-state index in [0.29, 0.717) is 10.5 Å². The first-order valence-corrected chi connectivity index (χ1v) is 9.59. The molecule has 3 rings (SSSR count). The molecule has 176 valence electrons. The third kappa shape index (κ3) is 4.15. The second kappa shape index (κ2) is 8.71. The number of nitriles is 2. The van der Waals surface area contributed by atoms with Gasteiger partial charge in [0, 0.05) is 18.2 Å². The van der Waals surface area contributed by atoms with Gasteiger partial charge in [0.25, 0.3) is 11.4 Å². The van der Waals surface area contributed by atoms with Crippen molar-refractivity contribution in [2.45, 2.75) is 30.5 Å². The summed E-state index contributed by atoms with van der Waals surface area (Å²) in [6, 6.07) is 13.6. The first-order chi connectivity index (χ1) is 15.9. The molecule has 0 fully saturated rings. The molecule has 1 heterocycles. The fourth-order valence-corrected chi connectivity index (χ4v) is 3.54. The van der Waals surface area contributed by atoms with Crippen LogP contribution in [0.5, 0.6) is 0 Å². The zero-order valence-corrected chi connectivity index (χ0v) is 17.4. The summed E-state index contributed by atoms with van der Waals surface area (Å²) in [6.45, 7) is 0. The first-order valence-electron chi connectivity index (χ1n) is 9.59. The van der Waals surface area contributed by atoms with E-state index in [-0.39, 0.29) is 23.1 Å². The Morgan fingerprint density at radius 1 is 1.03 bits per heavy atom. The number of hydrogen-bond donors (Lipinski definition) is 1. The third-order valence-corrected chi connectivity index (χ3v) is 5.30. The highest BCUT2D eigenvalue weighted by atomic mass is 19.4. The lowest BCUT2D eigenvalue weighted by molar-refractivity contribution is -0.304. The van der Waals surface area contributed by atoms with Crippen LogP contribution < -0.4 is 5.32 Å². The molecule has 6 nitrogen and oxygen atoms in total. The van der Waals surface area contributed by atoms with Crippen LogP contribution in [0.4, 0.5) is 26.3 Å². The lowest BCUT2D eigenvalue weighted by Gasteiger charge is -2.38. The standard InChI is InChI=1S/C22H15F6N5O/c1-33-17(15-6-4-14(12-30)5-7-15)32-20(21(23,24)25,22(26,27)28)19(33)31-18(34)16-8-2-13(3-9-16)10-11-29/h2-9,19H,10H2,1H3,(H,31,34). The molecule has 1 aliphatic rings. The van der Waals surface area contributed by atoms with Gasteiger partial charge in [0.05, 0.1) is 24.1 Å². The molecule has 2 aromatic rings. The van der Waals surface area contributed by atoms with Crippen molar-refractivity contribution in [1.29, 1.82) is 10.5 Å². The third-order valence-electron chi connectivity index (χ3n) is 5.30. The number of halogens is 6. The van der Waals surface area contributed by atoms with E-state index in [2.05, 4.69) is 4.99 Å².